The van der Waals surface area contributed by atoms with E-state index in [4.69, 9.17) is 22.4 Å². The Morgan fingerprint density at radius 1 is 1.37 bits per heavy atom. The van der Waals surface area contributed by atoms with Crippen LogP contribution in [-0.2, 0) is 4.79 Å². The van der Waals surface area contributed by atoms with Crippen LogP contribution in [0.5, 0.6) is 0 Å². The fourth-order valence-corrected chi connectivity index (χ4v) is 1.68. The Hall–Kier alpha value is -1.59. The van der Waals surface area contributed by atoms with E-state index in [1.54, 1.807) is 0 Å². The summed E-state index contributed by atoms with van der Waals surface area (Å²) in [5, 5.41) is 11.8. The average Bonchev–Trinajstić information content (AvgIpc) is 2.24. The minimum Gasteiger partial charge on any atom is -0.478 e. The van der Waals surface area contributed by atoms with Crippen LogP contribution < -0.4 is 11.1 Å². The summed E-state index contributed by atoms with van der Waals surface area (Å²) in [7, 11) is 0. The third-order valence-corrected chi connectivity index (χ3v) is 2.64. The van der Waals surface area contributed by atoms with Gasteiger partial charge in [0, 0.05) is 22.7 Å². The van der Waals surface area contributed by atoms with Gasteiger partial charge in [-0.15, -0.1) is 0 Å². The van der Waals surface area contributed by atoms with Crippen molar-refractivity contribution in [1.82, 2.24) is 0 Å². The van der Waals surface area contributed by atoms with Crippen LogP contribution in [0.2, 0.25) is 5.02 Å². The number of benzene rings is 1. The maximum absolute atomic E-state index is 11.7. The van der Waals surface area contributed by atoms with E-state index in [1.807, 2.05) is 13.8 Å². The molecule has 0 aliphatic carbocycles. The van der Waals surface area contributed by atoms with Crippen molar-refractivity contribution < 1.29 is 14.7 Å². The minimum atomic E-state index is -1.10. The van der Waals surface area contributed by atoms with Crippen LogP contribution in [0.3, 0.4) is 0 Å². The van der Waals surface area contributed by atoms with Gasteiger partial charge in [-0.2, -0.15) is 0 Å². The highest BCUT2D eigenvalue weighted by Gasteiger charge is 2.14. The molecule has 104 valence electrons. The number of nitrogens with two attached hydrogens (primary N) is 1. The van der Waals surface area contributed by atoms with Gasteiger partial charge in [-0.05, 0) is 38.5 Å². The first-order valence-corrected chi connectivity index (χ1v) is 6.18. The first-order chi connectivity index (χ1) is 8.67. The molecule has 0 aliphatic rings. The summed E-state index contributed by atoms with van der Waals surface area (Å²) >= 11 is 5.79. The van der Waals surface area contributed by atoms with Crippen molar-refractivity contribution in [3.8, 4) is 0 Å². The zero-order valence-electron chi connectivity index (χ0n) is 10.9. The smallest absolute Gasteiger partial charge is 0.335 e. The second kappa shape index (κ2) is 6.04. The highest BCUT2D eigenvalue weighted by Crippen LogP contribution is 2.20. The van der Waals surface area contributed by atoms with E-state index in [0.717, 1.165) is 0 Å². The summed E-state index contributed by atoms with van der Waals surface area (Å²) < 4.78 is 0. The Balaban J connectivity index is 2.71. The number of anilines is 1. The van der Waals surface area contributed by atoms with Crippen molar-refractivity contribution in [1.29, 1.82) is 0 Å². The van der Waals surface area contributed by atoms with Crippen molar-refractivity contribution in [3.63, 3.8) is 0 Å². The summed E-state index contributed by atoms with van der Waals surface area (Å²) in [5.41, 5.74) is 5.76. The van der Waals surface area contributed by atoms with E-state index in [2.05, 4.69) is 5.32 Å². The molecule has 0 saturated heterocycles. The molecule has 0 radical (unpaired) electrons. The lowest BCUT2D eigenvalue weighted by atomic mass is 10.00. The van der Waals surface area contributed by atoms with Gasteiger partial charge in [-0.1, -0.05) is 11.6 Å². The number of carboxylic acid groups (broad SMARTS) is 1. The predicted molar refractivity (Wildman–Crippen MR) is 74.5 cm³/mol. The second-order valence-electron chi connectivity index (χ2n) is 5.07. The summed E-state index contributed by atoms with van der Waals surface area (Å²) in [6.07, 6.45) is 0.795. The molecule has 0 bridgehead atoms. The van der Waals surface area contributed by atoms with Gasteiger partial charge in [-0.25, -0.2) is 4.79 Å². The molecule has 0 fully saturated rings. The van der Waals surface area contributed by atoms with Crippen molar-refractivity contribution in [3.05, 3.63) is 28.8 Å². The van der Waals surface area contributed by atoms with Crippen LogP contribution in [0.25, 0.3) is 0 Å². The second-order valence-corrected chi connectivity index (χ2v) is 5.51. The maximum Gasteiger partial charge on any atom is 0.335 e. The molecule has 1 aromatic carbocycles. The number of carbonyl (C=O) groups is 2. The molecule has 0 saturated carbocycles. The van der Waals surface area contributed by atoms with E-state index in [0.29, 0.717) is 12.1 Å². The number of hydrogen-bond donors (Lipinski definition) is 3. The fraction of sp³-hybridized carbons (Fsp3) is 0.385. The number of hydrogen-bond acceptors (Lipinski definition) is 3. The first-order valence-electron chi connectivity index (χ1n) is 5.80. The summed E-state index contributed by atoms with van der Waals surface area (Å²) in [4.78, 5) is 22.6. The predicted octanol–water partition coefficient (Wildman–Crippen LogP) is 2.49. The maximum atomic E-state index is 11.7. The minimum absolute atomic E-state index is 0.0296. The number of carboxylic acids is 1. The van der Waals surface area contributed by atoms with Crippen molar-refractivity contribution in [2.24, 2.45) is 5.73 Å². The quantitative estimate of drug-likeness (QED) is 0.774. The van der Waals surface area contributed by atoms with Gasteiger partial charge in [0.2, 0.25) is 5.91 Å². The molecule has 5 nitrogen and oxygen atoms in total. The van der Waals surface area contributed by atoms with Gasteiger partial charge in [0.15, 0.2) is 0 Å². The van der Waals surface area contributed by atoms with Crippen LogP contribution >= 0.6 is 11.6 Å². The van der Waals surface area contributed by atoms with E-state index in [9.17, 15) is 9.59 Å². The normalized spacial score (nSPS) is 11.2. The van der Waals surface area contributed by atoms with Crippen LogP contribution in [0.15, 0.2) is 18.2 Å². The largest absolute Gasteiger partial charge is 0.478 e. The summed E-state index contributed by atoms with van der Waals surface area (Å²) in [6.45, 7) is 3.67. The molecule has 0 spiro atoms. The van der Waals surface area contributed by atoms with E-state index < -0.39 is 11.5 Å². The summed E-state index contributed by atoms with van der Waals surface area (Å²) in [6, 6.07) is 4.18. The molecule has 0 atom stereocenters. The molecule has 0 aromatic heterocycles. The van der Waals surface area contributed by atoms with Crippen molar-refractivity contribution in [2.75, 3.05) is 5.32 Å². The number of amides is 1. The van der Waals surface area contributed by atoms with Gasteiger partial charge in [0.25, 0.3) is 0 Å². The monoisotopic (exact) mass is 284 g/mol. The topological polar surface area (TPSA) is 92.4 Å². The Morgan fingerprint density at radius 2 is 2.00 bits per heavy atom. The van der Waals surface area contributed by atoms with Crippen LogP contribution in [-0.4, -0.2) is 22.5 Å². The number of carbonyl (C=O) groups excluding carboxylic acids is 1. The SMILES string of the molecule is CC(C)(N)CCC(=O)Nc1cc(Cl)cc(C(=O)O)c1. The van der Waals surface area contributed by atoms with Crippen LogP contribution in [0.1, 0.15) is 37.0 Å². The van der Waals surface area contributed by atoms with Gasteiger partial charge in [0.1, 0.15) is 0 Å². The van der Waals surface area contributed by atoms with E-state index in [-0.39, 0.29) is 22.9 Å². The van der Waals surface area contributed by atoms with Gasteiger partial charge in [-0.3, -0.25) is 4.79 Å². The molecule has 19 heavy (non-hydrogen) atoms. The molecule has 0 aliphatic heterocycles. The summed E-state index contributed by atoms with van der Waals surface area (Å²) in [5.74, 6) is -1.32. The first kappa shape index (κ1) is 15.5. The third kappa shape index (κ3) is 5.72. The van der Waals surface area contributed by atoms with Crippen LogP contribution in [0, 0.1) is 0 Å². The number of halogens is 1. The lowest BCUT2D eigenvalue weighted by Gasteiger charge is -2.17. The Bertz CT molecular complexity index is 495. The number of rotatable bonds is 5. The van der Waals surface area contributed by atoms with E-state index in [1.165, 1.54) is 18.2 Å². The zero-order chi connectivity index (χ0) is 14.6. The number of aromatic carboxylic acids is 1. The number of nitrogens with one attached hydrogen (secondary N) is 1. The fourth-order valence-electron chi connectivity index (χ4n) is 1.44. The van der Waals surface area contributed by atoms with Crippen molar-refractivity contribution >= 4 is 29.2 Å². The lowest BCUT2D eigenvalue weighted by molar-refractivity contribution is -0.116. The third-order valence-electron chi connectivity index (χ3n) is 2.42. The lowest BCUT2D eigenvalue weighted by Crippen LogP contribution is -2.33. The highest BCUT2D eigenvalue weighted by molar-refractivity contribution is 6.31. The molecule has 0 heterocycles. The Morgan fingerprint density at radius 3 is 2.53 bits per heavy atom. The molecule has 4 N–H and O–H groups in total. The van der Waals surface area contributed by atoms with Crippen molar-refractivity contribution in [2.45, 2.75) is 32.2 Å². The molecular weight excluding hydrogens is 268 g/mol. The van der Waals surface area contributed by atoms with Gasteiger partial charge >= 0.3 is 5.97 Å². The molecule has 6 heteroatoms. The standard InChI is InChI=1S/C13H17ClN2O3/c1-13(2,15)4-3-11(17)16-10-6-8(12(18)19)5-9(14)7-10/h5-7H,3-4,15H2,1-2H3,(H,16,17)(H,18,19). The van der Waals surface area contributed by atoms with Gasteiger partial charge < -0.3 is 16.2 Å². The average molecular weight is 285 g/mol. The van der Waals surface area contributed by atoms with E-state index >= 15 is 0 Å². The molecule has 1 amide bonds. The molecular formula is C13H17ClN2O3. The molecule has 1 rings (SSSR count). The molecule has 1 aromatic rings. The Kier molecular flexibility index (Phi) is 4.91. The highest BCUT2D eigenvalue weighted by atomic mass is 35.5. The van der Waals surface area contributed by atoms with Crippen LogP contribution in [0.4, 0.5) is 5.69 Å². The molecule has 0 unspecified atom stereocenters. The van der Waals surface area contributed by atoms with Gasteiger partial charge in [0.05, 0.1) is 5.56 Å². The Labute approximate surface area is 116 Å². The zero-order valence-corrected chi connectivity index (χ0v) is 11.6.